The molecule has 2 aromatic carbocycles. The van der Waals surface area contributed by atoms with E-state index < -0.39 is 5.41 Å². The van der Waals surface area contributed by atoms with Crippen LogP contribution in [-0.2, 0) is 15.0 Å². The topological polar surface area (TPSA) is 58.6 Å². The van der Waals surface area contributed by atoms with Gasteiger partial charge in [-0.05, 0) is 48.7 Å². The van der Waals surface area contributed by atoms with Crippen molar-refractivity contribution in [2.45, 2.75) is 18.3 Å². The molecule has 0 unspecified atom stereocenters. The van der Waals surface area contributed by atoms with Gasteiger partial charge in [0.05, 0.1) is 5.41 Å². The Morgan fingerprint density at radius 1 is 1.12 bits per heavy atom. The Morgan fingerprint density at radius 2 is 1.81 bits per heavy atom. The number of carbonyl (C=O) groups excluding carboxylic acids is 2. The molecule has 1 fully saturated rings. The van der Waals surface area contributed by atoms with Gasteiger partial charge in [0.15, 0.2) is 6.61 Å². The smallest absolute Gasteiger partial charge is 0.260 e. The number of benzene rings is 2. The predicted molar refractivity (Wildman–Crippen MR) is 94.5 cm³/mol. The minimum atomic E-state index is -0.537. The Balaban J connectivity index is 1.38. The summed E-state index contributed by atoms with van der Waals surface area (Å²) in [5, 5.41) is 2.96. The molecule has 2 amide bonds. The van der Waals surface area contributed by atoms with E-state index >= 15 is 0 Å². The van der Waals surface area contributed by atoms with E-state index in [1.54, 1.807) is 4.90 Å². The van der Waals surface area contributed by atoms with Gasteiger partial charge in [0, 0.05) is 18.8 Å². The SMILES string of the molecule is O=C(COc1ccc(F)cc1)N1CCC2(CC1)C(=O)Nc1ccccc12. The first kappa shape index (κ1) is 16.6. The molecule has 0 bridgehead atoms. The van der Waals surface area contributed by atoms with E-state index in [4.69, 9.17) is 4.74 Å². The highest BCUT2D eigenvalue weighted by Gasteiger charge is 2.48. The number of anilines is 1. The van der Waals surface area contributed by atoms with Gasteiger partial charge in [-0.25, -0.2) is 4.39 Å². The number of hydrogen-bond donors (Lipinski definition) is 1. The molecule has 2 aromatic rings. The van der Waals surface area contributed by atoms with E-state index in [2.05, 4.69) is 5.32 Å². The first-order valence-corrected chi connectivity index (χ1v) is 8.66. The van der Waals surface area contributed by atoms with Gasteiger partial charge in [0.25, 0.3) is 5.91 Å². The molecule has 2 aliphatic heterocycles. The quantitative estimate of drug-likeness (QED) is 0.922. The van der Waals surface area contributed by atoms with Crippen LogP contribution in [0.5, 0.6) is 5.75 Å². The molecule has 0 atom stereocenters. The molecule has 2 heterocycles. The van der Waals surface area contributed by atoms with Crippen LogP contribution < -0.4 is 10.1 Å². The lowest BCUT2D eigenvalue weighted by atomic mass is 9.73. The highest BCUT2D eigenvalue weighted by Crippen LogP contribution is 2.44. The lowest BCUT2D eigenvalue weighted by Crippen LogP contribution is -2.49. The Bertz CT molecular complexity index is 842. The number of amides is 2. The standard InChI is InChI=1S/C20H19FN2O3/c21-14-5-7-15(8-6-14)26-13-18(24)23-11-9-20(10-12-23)16-3-1-2-4-17(16)22-19(20)25/h1-8H,9-13H2,(H,22,25). The van der Waals surface area contributed by atoms with Crippen LogP contribution in [0.15, 0.2) is 48.5 Å². The molecule has 4 rings (SSSR count). The molecule has 0 saturated carbocycles. The van der Waals surface area contributed by atoms with Gasteiger partial charge in [-0.2, -0.15) is 0 Å². The zero-order valence-corrected chi connectivity index (χ0v) is 14.2. The maximum atomic E-state index is 12.9. The van der Waals surface area contributed by atoms with Crippen LogP contribution in [0.3, 0.4) is 0 Å². The van der Waals surface area contributed by atoms with Crippen LogP contribution in [-0.4, -0.2) is 36.4 Å². The molecule has 6 heteroatoms. The summed E-state index contributed by atoms with van der Waals surface area (Å²) in [4.78, 5) is 26.7. The highest BCUT2D eigenvalue weighted by molar-refractivity contribution is 6.06. The Kier molecular flexibility index (Phi) is 4.11. The second-order valence-electron chi connectivity index (χ2n) is 6.71. The lowest BCUT2D eigenvalue weighted by molar-refractivity contribution is -0.137. The second-order valence-corrected chi connectivity index (χ2v) is 6.71. The zero-order chi connectivity index (χ0) is 18.1. The van der Waals surface area contributed by atoms with Crippen LogP contribution >= 0.6 is 0 Å². The summed E-state index contributed by atoms with van der Waals surface area (Å²) in [5.74, 6) is 0.00156. The number of piperidine rings is 1. The fourth-order valence-corrected chi connectivity index (χ4v) is 3.78. The molecule has 2 aliphatic rings. The maximum absolute atomic E-state index is 12.9. The van der Waals surface area contributed by atoms with Crippen molar-refractivity contribution in [1.29, 1.82) is 0 Å². The van der Waals surface area contributed by atoms with E-state index in [1.165, 1.54) is 24.3 Å². The van der Waals surface area contributed by atoms with Gasteiger partial charge >= 0.3 is 0 Å². The number of fused-ring (bicyclic) bond motifs is 2. The van der Waals surface area contributed by atoms with Crippen molar-refractivity contribution < 1.29 is 18.7 Å². The third kappa shape index (κ3) is 2.81. The number of rotatable bonds is 3. The Morgan fingerprint density at radius 3 is 2.54 bits per heavy atom. The van der Waals surface area contributed by atoms with E-state index in [0.717, 1.165) is 11.3 Å². The zero-order valence-electron chi connectivity index (χ0n) is 14.2. The Hall–Kier alpha value is -2.89. The molecular weight excluding hydrogens is 335 g/mol. The number of hydrogen-bond acceptors (Lipinski definition) is 3. The molecule has 26 heavy (non-hydrogen) atoms. The first-order chi connectivity index (χ1) is 12.6. The largest absolute Gasteiger partial charge is 0.484 e. The van der Waals surface area contributed by atoms with Gasteiger partial charge in [-0.3, -0.25) is 9.59 Å². The number of para-hydroxylation sites is 1. The van der Waals surface area contributed by atoms with Crippen LogP contribution in [0, 0.1) is 5.82 Å². The summed E-state index contributed by atoms with van der Waals surface area (Å²) in [6.07, 6.45) is 1.19. The van der Waals surface area contributed by atoms with Crippen molar-refractivity contribution in [3.05, 3.63) is 59.9 Å². The third-order valence-corrected chi connectivity index (χ3v) is 5.27. The average Bonchev–Trinajstić information content (AvgIpc) is 2.93. The molecule has 0 radical (unpaired) electrons. The fourth-order valence-electron chi connectivity index (χ4n) is 3.78. The third-order valence-electron chi connectivity index (χ3n) is 5.27. The number of halogens is 1. The van der Waals surface area contributed by atoms with Crippen molar-refractivity contribution in [2.24, 2.45) is 0 Å². The van der Waals surface area contributed by atoms with E-state index in [-0.39, 0.29) is 24.2 Å². The predicted octanol–water partition coefficient (Wildman–Crippen LogP) is 2.72. The minimum Gasteiger partial charge on any atom is -0.484 e. The van der Waals surface area contributed by atoms with Gasteiger partial charge in [0.1, 0.15) is 11.6 Å². The molecule has 134 valence electrons. The van der Waals surface area contributed by atoms with Crippen LogP contribution in [0.25, 0.3) is 0 Å². The van der Waals surface area contributed by atoms with Crippen LogP contribution in [0.1, 0.15) is 18.4 Å². The van der Waals surface area contributed by atoms with Gasteiger partial charge in [-0.1, -0.05) is 18.2 Å². The van der Waals surface area contributed by atoms with Crippen molar-refractivity contribution in [3.8, 4) is 5.75 Å². The summed E-state index contributed by atoms with van der Waals surface area (Å²) in [6, 6.07) is 13.3. The fraction of sp³-hybridized carbons (Fsp3) is 0.300. The molecule has 5 nitrogen and oxygen atoms in total. The van der Waals surface area contributed by atoms with Gasteiger partial charge in [0.2, 0.25) is 5.91 Å². The highest BCUT2D eigenvalue weighted by atomic mass is 19.1. The first-order valence-electron chi connectivity index (χ1n) is 8.66. The molecular formula is C20H19FN2O3. The molecule has 0 aliphatic carbocycles. The molecule has 1 N–H and O–H groups in total. The molecule has 1 spiro atoms. The normalized spacial score (nSPS) is 17.7. The Labute approximate surface area is 150 Å². The maximum Gasteiger partial charge on any atom is 0.260 e. The van der Waals surface area contributed by atoms with E-state index in [0.29, 0.717) is 31.7 Å². The van der Waals surface area contributed by atoms with Crippen molar-refractivity contribution in [2.75, 3.05) is 25.0 Å². The summed E-state index contributed by atoms with van der Waals surface area (Å²) >= 11 is 0. The van der Waals surface area contributed by atoms with E-state index in [9.17, 15) is 14.0 Å². The monoisotopic (exact) mass is 354 g/mol. The number of carbonyl (C=O) groups is 2. The summed E-state index contributed by atoms with van der Waals surface area (Å²) in [6.45, 7) is 0.919. The van der Waals surface area contributed by atoms with Crippen molar-refractivity contribution in [1.82, 2.24) is 4.90 Å². The molecule has 1 saturated heterocycles. The summed E-state index contributed by atoms with van der Waals surface area (Å²) < 4.78 is 18.3. The second kappa shape index (κ2) is 6.44. The van der Waals surface area contributed by atoms with E-state index in [1.807, 2.05) is 24.3 Å². The number of nitrogens with zero attached hydrogens (tertiary/aromatic N) is 1. The van der Waals surface area contributed by atoms with Gasteiger partial charge in [-0.15, -0.1) is 0 Å². The van der Waals surface area contributed by atoms with Crippen LogP contribution in [0.4, 0.5) is 10.1 Å². The van der Waals surface area contributed by atoms with Crippen molar-refractivity contribution >= 4 is 17.5 Å². The van der Waals surface area contributed by atoms with Crippen molar-refractivity contribution in [3.63, 3.8) is 0 Å². The average molecular weight is 354 g/mol. The number of nitrogens with one attached hydrogen (secondary N) is 1. The lowest BCUT2D eigenvalue weighted by Gasteiger charge is -2.37. The summed E-state index contributed by atoms with van der Waals surface area (Å²) in [5.41, 5.74) is 1.36. The number of likely N-dealkylation sites (tertiary alicyclic amines) is 1. The number of ether oxygens (including phenoxy) is 1. The van der Waals surface area contributed by atoms with Gasteiger partial charge < -0.3 is 15.0 Å². The summed E-state index contributed by atoms with van der Waals surface area (Å²) in [7, 11) is 0. The minimum absolute atomic E-state index is 0.0216. The molecule has 0 aromatic heterocycles. The van der Waals surface area contributed by atoms with Crippen LogP contribution in [0.2, 0.25) is 0 Å².